The van der Waals surface area contributed by atoms with Crippen molar-refractivity contribution in [2.24, 2.45) is 0 Å². The number of aryl methyl sites for hydroxylation is 1. The van der Waals surface area contributed by atoms with Crippen LogP contribution in [0.4, 0.5) is 0 Å². The maximum atomic E-state index is 11.4. The van der Waals surface area contributed by atoms with Crippen molar-refractivity contribution >= 4 is 17.7 Å². The molecule has 0 aliphatic carbocycles. The summed E-state index contributed by atoms with van der Waals surface area (Å²) in [6.45, 7) is 3.95. The Labute approximate surface area is 108 Å². The third-order valence-corrected chi connectivity index (χ3v) is 2.84. The van der Waals surface area contributed by atoms with Crippen molar-refractivity contribution in [2.75, 3.05) is 6.61 Å². The van der Waals surface area contributed by atoms with E-state index in [0.717, 1.165) is 10.9 Å². The molecule has 0 amide bonds. The first-order chi connectivity index (χ1) is 8.69. The largest absolute Gasteiger partial charge is 0.462 e. The number of carbonyl (C=O) groups is 1. The Kier molecular flexibility index (Phi) is 3.93. The zero-order valence-corrected chi connectivity index (χ0v) is 10.8. The van der Waals surface area contributed by atoms with Gasteiger partial charge in [0.15, 0.2) is 0 Å². The van der Waals surface area contributed by atoms with Gasteiger partial charge in [-0.15, -0.1) is 5.10 Å². The van der Waals surface area contributed by atoms with Crippen molar-refractivity contribution in [3.63, 3.8) is 0 Å². The van der Waals surface area contributed by atoms with Crippen LogP contribution in [0.3, 0.4) is 0 Å². The quantitative estimate of drug-likeness (QED) is 0.849. The Bertz CT molecular complexity index is 538. The lowest BCUT2D eigenvalue weighted by Gasteiger charge is -2.01. The highest BCUT2D eigenvalue weighted by atomic mass is 32.2. The van der Waals surface area contributed by atoms with Crippen LogP contribution in [0.25, 0.3) is 0 Å². The molecule has 0 saturated carbocycles. The van der Waals surface area contributed by atoms with E-state index >= 15 is 0 Å². The molecule has 18 heavy (non-hydrogen) atoms. The van der Waals surface area contributed by atoms with Gasteiger partial charge in [-0.25, -0.2) is 14.8 Å². The summed E-state index contributed by atoms with van der Waals surface area (Å²) in [4.78, 5) is 19.7. The van der Waals surface area contributed by atoms with Gasteiger partial charge >= 0.3 is 5.97 Å². The maximum absolute atomic E-state index is 11.4. The van der Waals surface area contributed by atoms with E-state index in [1.54, 1.807) is 19.1 Å². The third-order valence-electron chi connectivity index (χ3n) is 2.02. The van der Waals surface area contributed by atoms with Crippen LogP contribution in [0.2, 0.25) is 0 Å². The first kappa shape index (κ1) is 12.6. The van der Waals surface area contributed by atoms with Gasteiger partial charge in [-0.05, 0) is 37.7 Å². The minimum Gasteiger partial charge on any atom is -0.462 e. The Morgan fingerprint density at radius 2 is 2.33 bits per heavy atom. The van der Waals surface area contributed by atoms with Gasteiger partial charge in [0.2, 0.25) is 5.16 Å². The fraction of sp³-hybridized carbons (Fsp3) is 0.273. The van der Waals surface area contributed by atoms with Gasteiger partial charge < -0.3 is 4.74 Å². The summed E-state index contributed by atoms with van der Waals surface area (Å²) in [6, 6.07) is 3.41. The first-order valence-corrected chi connectivity index (χ1v) is 6.20. The molecule has 2 aromatic rings. The molecule has 0 aliphatic rings. The highest BCUT2D eigenvalue weighted by Gasteiger charge is 2.08. The van der Waals surface area contributed by atoms with Crippen LogP contribution < -0.4 is 0 Å². The molecule has 0 aliphatic heterocycles. The second kappa shape index (κ2) is 5.63. The number of aromatic amines is 1. The number of hydrogen-bond acceptors (Lipinski definition) is 6. The Morgan fingerprint density at radius 1 is 1.50 bits per heavy atom. The van der Waals surface area contributed by atoms with Gasteiger partial charge in [0, 0.05) is 6.20 Å². The normalized spacial score (nSPS) is 10.3. The fourth-order valence-electron chi connectivity index (χ4n) is 1.24. The lowest BCUT2D eigenvalue weighted by atomic mass is 10.3. The Hall–Kier alpha value is -1.89. The van der Waals surface area contributed by atoms with Crippen LogP contribution in [0.1, 0.15) is 23.1 Å². The molecule has 0 aromatic carbocycles. The zero-order valence-electron chi connectivity index (χ0n) is 10.0. The number of aromatic nitrogens is 4. The number of pyridine rings is 1. The molecule has 0 spiro atoms. The Balaban J connectivity index is 2.05. The molecule has 6 nitrogen and oxygen atoms in total. The number of ether oxygens (including phenoxy) is 1. The summed E-state index contributed by atoms with van der Waals surface area (Å²) in [5.41, 5.74) is 0.437. The molecule has 0 unspecified atom stereocenters. The average molecular weight is 264 g/mol. The number of nitrogens with one attached hydrogen (secondary N) is 1. The molecule has 0 saturated heterocycles. The molecule has 0 atom stereocenters. The van der Waals surface area contributed by atoms with Gasteiger partial charge in [0.05, 0.1) is 12.2 Å². The Morgan fingerprint density at radius 3 is 2.89 bits per heavy atom. The molecular formula is C11H12N4O2S. The number of H-pyrrole nitrogens is 1. The van der Waals surface area contributed by atoms with E-state index in [0.29, 0.717) is 17.3 Å². The van der Waals surface area contributed by atoms with E-state index in [-0.39, 0.29) is 5.97 Å². The fourth-order valence-corrected chi connectivity index (χ4v) is 1.94. The monoisotopic (exact) mass is 264 g/mol. The van der Waals surface area contributed by atoms with Gasteiger partial charge in [-0.3, -0.25) is 5.10 Å². The predicted octanol–water partition coefficient (Wildman–Crippen LogP) is 1.84. The van der Waals surface area contributed by atoms with Crippen molar-refractivity contribution in [2.45, 2.75) is 24.0 Å². The van der Waals surface area contributed by atoms with E-state index in [2.05, 4.69) is 20.2 Å². The average Bonchev–Trinajstić information content (AvgIpc) is 2.76. The van der Waals surface area contributed by atoms with E-state index in [4.69, 9.17) is 4.74 Å². The minimum atomic E-state index is -0.365. The molecule has 2 rings (SSSR count). The van der Waals surface area contributed by atoms with Crippen molar-refractivity contribution in [3.8, 4) is 0 Å². The highest BCUT2D eigenvalue weighted by molar-refractivity contribution is 7.99. The smallest absolute Gasteiger partial charge is 0.339 e. The zero-order chi connectivity index (χ0) is 13.0. The molecule has 94 valence electrons. The van der Waals surface area contributed by atoms with Gasteiger partial charge in [-0.2, -0.15) is 0 Å². The first-order valence-electron chi connectivity index (χ1n) is 5.39. The molecule has 2 heterocycles. The van der Waals surface area contributed by atoms with Crippen molar-refractivity contribution < 1.29 is 9.53 Å². The summed E-state index contributed by atoms with van der Waals surface area (Å²) >= 11 is 1.33. The SMILES string of the molecule is CCOC(=O)c1ccc(Sc2n[nH]c(C)n2)nc1. The molecule has 0 fully saturated rings. The molecule has 0 radical (unpaired) electrons. The minimum absolute atomic E-state index is 0.353. The topological polar surface area (TPSA) is 80.8 Å². The van der Waals surface area contributed by atoms with Gasteiger partial charge in [0.1, 0.15) is 10.9 Å². The molecule has 1 N–H and O–H groups in total. The molecule has 0 bridgehead atoms. The summed E-state index contributed by atoms with van der Waals surface area (Å²) in [7, 11) is 0. The predicted molar refractivity (Wildman–Crippen MR) is 65.4 cm³/mol. The highest BCUT2D eigenvalue weighted by Crippen LogP contribution is 2.22. The summed E-state index contributed by atoms with van der Waals surface area (Å²) in [6.07, 6.45) is 1.49. The summed E-state index contributed by atoms with van der Waals surface area (Å²) in [5.74, 6) is 0.385. The van der Waals surface area contributed by atoms with Crippen LogP contribution in [-0.4, -0.2) is 32.7 Å². The standard InChI is InChI=1S/C11H12N4O2S/c1-3-17-10(16)8-4-5-9(12-6-8)18-11-13-7(2)14-15-11/h4-6H,3H2,1-2H3,(H,13,14,15). The van der Waals surface area contributed by atoms with E-state index in [1.807, 2.05) is 6.92 Å². The lowest BCUT2D eigenvalue weighted by Crippen LogP contribution is -2.04. The van der Waals surface area contributed by atoms with Crippen LogP contribution in [0.15, 0.2) is 28.5 Å². The number of rotatable bonds is 4. The second-order valence-electron chi connectivity index (χ2n) is 3.41. The lowest BCUT2D eigenvalue weighted by molar-refractivity contribution is 0.0525. The summed E-state index contributed by atoms with van der Waals surface area (Å²) < 4.78 is 4.87. The number of esters is 1. The third kappa shape index (κ3) is 3.07. The van der Waals surface area contributed by atoms with Gasteiger partial charge in [0.25, 0.3) is 0 Å². The number of nitrogens with zero attached hydrogens (tertiary/aromatic N) is 3. The van der Waals surface area contributed by atoms with Crippen LogP contribution >= 0.6 is 11.8 Å². The van der Waals surface area contributed by atoms with Crippen LogP contribution in [0.5, 0.6) is 0 Å². The molecular weight excluding hydrogens is 252 g/mol. The van der Waals surface area contributed by atoms with E-state index in [9.17, 15) is 4.79 Å². The number of carbonyl (C=O) groups excluding carboxylic acids is 1. The van der Waals surface area contributed by atoms with Crippen molar-refractivity contribution in [3.05, 3.63) is 29.7 Å². The second-order valence-corrected chi connectivity index (χ2v) is 4.40. The van der Waals surface area contributed by atoms with Crippen LogP contribution in [-0.2, 0) is 4.74 Å². The maximum Gasteiger partial charge on any atom is 0.339 e. The van der Waals surface area contributed by atoms with Crippen molar-refractivity contribution in [1.82, 2.24) is 20.2 Å². The van der Waals surface area contributed by atoms with E-state index < -0.39 is 0 Å². The van der Waals surface area contributed by atoms with E-state index in [1.165, 1.54) is 18.0 Å². The summed E-state index contributed by atoms with van der Waals surface area (Å²) in [5, 5.41) is 8.07. The number of hydrogen-bond donors (Lipinski definition) is 1. The van der Waals surface area contributed by atoms with Crippen LogP contribution in [0, 0.1) is 6.92 Å². The molecule has 7 heteroatoms. The molecule has 2 aromatic heterocycles. The van der Waals surface area contributed by atoms with Gasteiger partial charge in [-0.1, -0.05) is 0 Å². The van der Waals surface area contributed by atoms with Crippen molar-refractivity contribution in [1.29, 1.82) is 0 Å².